The molecule has 0 saturated carbocycles. The van der Waals surface area contributed by atoms with Gasteiger partial charge in [-0.2, -0.15) is 0 Å². The van der Waals surface area contributed by atoms with Crippen molar-refractivity contribution in [3.8, 4) is 0 Å². The topological polar surface area (TPSA) is 76.1 Å². The largest absolute Gasteiger partial charge is 0.376 e. The highest BCUT2D eigenvalue weighted by atomic mass is 79.9. The minimum absolute atomic E-state index is 0. The Morgan fingerprint density at radius 1 is 1.16 bits per heavy atom. The summed E-state index contributed by atoms with van der Waals surface area (Å²) in [6, 6.07) is 7.80. The van der Waals surface area contributed by atoms with Crippen LogP contribution in [0.2, 0.25) is 0 Å². The number of rotatable bonds is 4. The summed E-state index contributed by atoms with van der Waals surface area (Å²) in [5, 5.41) is 6.66. The Morgan fingerprint density at radius 3 is 2.44 bits per heavy atom. The third-order valence-electron chi connectivity index (χ3n) is 3.48. The molecule has 8 heteroatoms. The van der Waals surface area contributed by atoms with E-state index in [4.69, 9.17) is 35.9 Å². The summed E-state index contributed by atoms with van der Waals surface area (Å²) in [7, 11) is 0. The molecule has 136 valence electrons. The maximum absolute atomic E-state index is 5.71. The molecule has 1 aromatic rings. The molecule has 0 saturated heterocycles. The number of hydrogen-bond acceptors (Lipinski definition) is 2. The third kappa shape index (κ3) is 7.27. The van der Waals surface area contributed by atoms with E-state index >= 15 is 0 Å². The van der Waals surface area contributed by atoms with E-state index in [0.29, 0.717) is 0 Å². The molecule has 0 fully saturated rings. The van der Waals surface area contributed by atoms with Crippen LogP contribution in [0.25, 0.3) is 6.08 Å². The minimum atomic E-state index is -0.430. The van der Waals surface area contributed by atoms with Gasteiger partial charge < -0.3 is 22.1 Å². The van der Waals surface area contributed by atoms with Gasteiger partial charge in [0.25, 0.3) is 0 Å². The van der Waals surface area contributed by atoms with Gasteiger partial charge in [-0.3, -0.25) is 0 Å². The van der Waals surface area contributed by atoms with Crippen molar-refractivity contribution in [3.63, 3.8) is 0 Å². The third-order valence-corrected chi connectivity index (χ3v) is 3.68. The lowest BCUT2D eigenvalue weighted by Crippen LogP contribution is -2.48. The first-order chi connectivity index (χ1) is 10.9. The van der Waals surface area contributed by atoms with Gasteiger partial charge in [0.05, 0.1) is 5.54 Å². The Morgan fingerprint density at radius 2 is 1.84 bits per heavy atom. The summed E-state index contributed by atoms with van der Waals surface area (Å²) < 4.78 is 0. The highest BCUT2D eigenvalue weighted by molar-refractivity contribution is 8.93. The molecule has 0 aliphatic heterocycles. The molecule has 6 N–H and O–H groups in total. The fourth-order valence-electron chi connectivity index (χ4n) is 2.56. The highest BCUT2D eigenvalue weighted by Gasteiger charge is 2.26. The molecule has 25 heavy (non-hydrogen) atoms. The second-order valence-corrected chi connectivity index (χ2v) is 6.37. The number of para-hydroxylation sites is 1. The molecule has 1 aliphatic carbocycles. The summed E-state index contributed by atoms with van der Waals surface area (Å²) >= 11 is 9.95. The summed E-state index contributed by atoms with van der Waals surface area (Å²) in [4.78, 5) is 0. The quantitative estimate of drug-likeness (QED) is 0.463. The molecule has 0 bridgehead atoms. The van der Waals surface area contributed by atoms with Crippen LogP contribution in [0.3, 0.4) is 0 Å². The Bertz CT molecular complexity index is 712. The van der Waals surface area contributed by atoms with E-state index < -0.39 is 5.54 Å². The Hall–Kier alpha value is -1.22. The normalized spacial score (nSPS) is 18.5. The molecular weight excluding hydrogens is 484 g/mol. The molecular formula is C17H22Br2N4S2. The Balaban J connectivity index is 0.00000288. The fraction of sp³-hybridized carbons (Fsp3) is 0.176. The average molecular weight is 506 g/mol. The van der Waals surface area contributed by atoms with Gasteiger partial charge in [0, 0.05) is 5.69 Å². The van der Waals surface area contributed by atoms with Crippen molar-refractivity contribution in [2.24, 2.45) is 11.5 Å². The number of hydrogen-bond donors (Lipinski definition) is 4. The van der Waals surface area contributed by atoms with Crippen LogP contribution in [0.4, 0.5) is 5.69 Å². The lowest BCUT2D eigenvalue weighted by molar-refractivity contribution is 0.573. The molecule has 1 atom stereocenters. The standard InChI is InChI=1S/C17H20N4S2.2BrH/c1-12-5-4-9-17(11-12,21-16(19)23)10-8-13-6-2-3-7-14(13)20-15(18)22;;/h2-10H,11H2,1H3,(H3,18,20,22)(H3,19,21,23);2*1H/b10-8+;;. The number of benzene rings is 1. The highest BCUT2D eigenvalue weighted by Crippen LogP contribution is 2.26. The average Bonchev–Trinajstić information content (AvgIpc) is 2.45. The van der Waals surface area contributed by atoms with Crippen LogP contribution in [0.5, 0.6) is 0 Å². The second kappa shape index (κ2) is 10.7. The fourth-order valence-corrected chi connectivity index (χ4v) is 2.86. The lowest BCUT2D eigenvalue weighted by atomic mass is 9.86. The van der Waals surface area contributed by atoms with Gasteiger partial charge in [-0.1, -0.05) is 54.2 Å². The number of halogens is 2. The predicted octanol–water partition coefficient (Wildman–Crippen LogP) is 3.99. The molecule has 1 aliphatic rings. The zero-order valence-electron chi connectivity index (χ0n) is 13.7. The van der Waals surface area contributed by atoms with E-state index in [0.717, 1.165) is 17.7 Å². The van der Waals surface area contributed by atoms with Crippen molar-refractivity contribution in [2.45, 2.75) is 18.9 Å². The van der Waals surface area contributed by atoms with Gasteiger partial charge in [-0.15, -0.1) is 34.0 Å². The molecule has 1 aromatic carbocycles. The first kappa shape index (κ1) is 23.8. The first-order valence-corrected chi connectivity index (χ1v) is 7.99. The van der Waals surface area contributed by atoms with Crippen LogP contribution < -0.4 is 22.1 Å². The van der Waals surface area contributed by atoms with Crippen LogP contribution >= 0.6 is 58.4 Å². The number of nitrogens with one attached hydrogen (secondary N) is 2. The SMILES string of the molecule is Br.Br.CC1=CC=CC(/C=C/c2ccccc2NC(N)=S)(NC(N)=S)C1. The van der Waals surface area contributed by atoms with Crippen LogP contribution in [0.15, 0.2) is 54.1 Å². The summed E-state index contributed by atoms with van der Waals surface area (Å²) in [6.07, 6.45) is 11.0. The predicted molar refractivity (Wildman–Crippen MR) is 127 cm³/mol. The number of anilines is 1. The van der Waals surface area contributed by atoms with E-state index in [1.807, 2.05) is 36.4 Å². The van der Waals surface area contributed by atoms with Gasteiger partial charge in [0.2, 0.25) is 0 Å². The molecule has 0 aromatic heterocycles. The van der Waals surface area contributed by atoms with E-state index in [1.54, 1.807) is 0 Å². The zero-order chi connectivity index (χ0) is 16.9. The number of nitrogens with two attached hydrogens (primary N) is 2. The van der Waals surface area contributed by atoms with E-state index in [2.05, 4.69) is 35.8 Å². The summed E-state index contributed by atoms with van der Waals surface area (Å²) in [6.45, 7) is 2.08. The van der Waals surface area contributed by atoms with Crippen LogP contribution in [0, 0.1) is 0 Å². The monoisotopic (exact) mass is 504 g/mol. The summed E-state index contributed by atoms with van der Waals surface area (Å²) in [5.41, 5.74) is 13.9. The molecule has 2 rings (SSSR count). The van der Waals surface area contributed by atoms with Crippen molar-refractivity contribution >= 4 is 80.4 Å². The molecule has 0 heterocycles. The number of allylic oxidation sites excluding steroid dienone is 2. The van der Waals surface area contributed by atoms with E-state index in [9.17, 15) is 0 Å². The molecule has 1 unspecified atom stereocenters. The molecule has 0 amide bonds. The zero-order valence-corrected chi connectivity index (χ0v) is 18.8. The van der Waals surface area contributed by atoms with Gasteiger partial charge >= 0.3 is 0 Å². The summed E-state index contributed by atoms with van der Waals surface area (Å²) in [5.74, 6) is 0. The first-order valence-electron chi connectivity index (χ1n) is 7.17. The van der Waals surface area contributed by atoms with Crippen molar-refractivity contribution in [3.05, 3.63) is 59.7 Å². The van der Waals surface area contributed by atoms with Crippen molar-refractivity contribution in [1.29, 1.82) is 0 Å². The van der Waals surface area contributed by atoms with Gasteiger partial charge in [-0.25, -0.2) is 0 Å². The second-order valence-electron chi connectivity index (χ2n) is 5.49. The Kier molecular flexibility index (Phi) is 10.2. The van der Waals surface area contributed by atoms with Crippen molar-refractivity contribution in [1.82, 2.24) is 5.32 Å². The van der Waals surface area contributed by atoms with Gasteiger partial charge in [-0.05, 0) is 49.4 Å². The maximum atomic E-state index is 5.71. The van der Waals surface area contributed by atoms with E-state index in [1.165, 1.54) is 5.57 Å². The molecule has 0 radical (unpaired) electrons. The lowest BCUT2D eigenvalue weighted by Gasteiger charge is -2.31. The Labute approximate surface area is 180 Å². The smallest absolute Gasteiger partial charge is 0.168 e. The van der Waals surface area contributed by atoms with Crippen molar-refractivity contribution in [2.75, 3.05) is 5.32 Å². The van der Waals surface area contributed by atoms with Crippen LogP contribution in [-0.4, -0.2) is 15.8 Å². The van der Waals surface area contributed by atoms with E-state index in [-0.39, 0.29) is 44.2 Å². The maximum Gasteiger partial charge on any atom is 0.168 e. The minimum Gasteiger partial charge on any atom is -0.376 e. The van der Waals surface area contributed by atoms with Crippen LogP contribution in [0.1, 0.15) is 18.9 Å². The van der Waals surface area contributed by atoms with Crippen molar-refractivity contribution < 1.29 is 0 Å². The molecule has 0 spiro atoms. The van der Waals surface area contributed by atoms with Gasteiger partial charge in [0.1, 0.15) is 0 Å². The molecule has 4 nitrogen and oxygen atoms in total. The van der Waals surface area contributed by atoms with Crippen LogP contribution in [-0.2, 0) is 0 Å². The van der Waals surface area contributed by atoms with Gasteiger partial charge in [0.15, 0.2) is 10.2 Å². The number of thiocarbonyl (C=S) groups is 2.